The SMILES string of the molecule is Cc1ccc(S(=O)(=O)NCC(N)c2ccccc2C(C)C)cc1. The van der Waals surface area contributed by atoms with Gasteiger partial charge >= 0.3 is 0 Å². The van der Waals surface area contributed by atoms with Gasteiger partial charge in [0.25, 0.3) is 0 Å². The molecule has 1 unspecified atom stereocenters. The first-order valence-corrected chi connectivity index (χ1v) is 9.20. The molecule has 0 aliphatic carbocycles. The van der Waals surface area contributed by atoms with Crippen LogP contribution in [0.4, 0.5) is 0 Å². The van der Waals surface area contributed by atoms with E-state index in [9.17, 15) is 8.42 Å². The molecule has 23 heavy (non-hydrogen) atoms. The lowest BCUT2D eigenvalue weighted by atomic mass is 9.93. The van der Waals surface area contributed by atoms with Crippen LogP contribution in [0.5, 0.6) is 0 Å². The molecule has 2 aromatic rings. The lowest BCUT2D eigenvalue weighted by molar-refractivity contribution is 0.571. The van der Waals surface area contributed by atoms with E-state index in [0.29, 0.717) is 5.92 Å². The molecule has 124 valence electrons. The van der Waals surface area contributed by atoms with Gasteiger partial charge in [0.05, 0.1) is 4.90 Å². The zero-order valence-corrected chi connectivity index (χ0v) is 14.6. The second-order valence-electron chi connectivity index (χ2n) is 6.06. The maximum absolute atomic E-state index is 12.3. The van der Waals surface area contributed by atoms with Crippen LogP contribution in [0.3, 0.4) is 0 Å². The van der Waals surface area contributed by atoms with Crippen molar-refractivity contribution in [1.29, 1.82) is 0 Å². The first-order chi connectivity index (χ1) is 10.8. The molecule has 3 N–H and O–H groups in total. The normalized spacial score (nSPS) is 13.3. The molecule has 0 heterocycles. The zero-order chi connectivity index (χ0) is 17.0. The molecule has 0 saturated heterocycles. The number of hydrogen-bond donors (Lipinski definition) is 2. The molecule has 0 fully saturated rings. The summed E-state index contributed by atoms with van der Waals surface area (Å²) in [6.45, 7) is 6.28. The van der Waals surface area contributed by atoms with Gasteiger partial charge in [0.1, 0.15) is 0 Å². The molecule has 0 bridgehead atoms. The molecule has 0 aliphatic rings. The molecule has 5 heteroatoms. The van der Waals surface area contributed by atoms with E-state index < -0.39 is 10.0 Å². The van der Waals surface area contributed by atoms with Crippen molar-refractivity contribution in [3.05, 3.63) is 65.2 Å². The summed E-state index contributed by atoms with van der Waals surface area (Å²) in [7, 11) is -3.54. The van der Waals surface area contributed by atoms with Crippen molar-refractivity contribution in [3.8, 4) is 0 Å². The first-order valence-electron chi connectivity index (χ1n) is 7.72. The summed E-state index contributed by atoms with van der Waals surface area (Å²) in [5, 5.41) is 0. The second kappa shape index (κ2) is 7.25. The van der Waals surface area contributed by atoms with Crippen LogP contribution in [0.1, 0.15) is 42.5 Å². The standard InChI is InChI=1S/C18H24N2O2S/c1-13(2)16-6-4-5-7-17(16)18(19)12-20-23(21,22)15-10-8-14(3)9-11-15/h4-11,13,18,20H,12,19H2,1-3H3. The third-order valence-electron chi connectivity index (χ3n) is 3.84. The monoisotopic (exact) mass is 332 g/mol. The van der Waals surface area contributed by atoms with Gasteiger partial charge in [-0.15, -0.1) is 0 Å². The fraction of sp³-hybridized carbons (Fsp3) is 0.333. The molecule has 0 saturated carbocycles. The lowest BCUT2D eigenvalue weighted by Crippen LogP contribution is -2.32. The molecule has 0 aliphatic heterocycles. The predicted molar refractivity (Wildman–Crippen MR) is 93.8 cm³/mol. The Morgan fingerprint density at radius 2 is 1.57 bits per heavy atom. The van der Waals surface area contributed by atoms with E-state index in [2.05, 4.69) is 18.6 Å². The van der Waals surface area contributed by atoms with Crippen molar-refractivity contribution >= 4 is 10.0 Å². The first kappa shape index (κ1) is 17.7. The average molecular weight is 332 g/mol. The highest BCUT2D eigenvalue weighted by molar-refractivity contribution is 7.89. The minimum absolute atomic E-state index is 0.167. The van der Waals surface area contributed by atoms with E-state index in [1.54, 1.807) is 24.3 Å². The van der Waals surface area contributed by atoms with Crippen LogP contribution < -0.4 is 10.5 Å². The number of sulfonamides is 1. The van der Waals surface area contributed by atoms with Gasteiger partial charge in [-0.25, -0.2) is 13.1 Å². The minimum Gasteiger partial charge on any atom is -0.323 e. The molecule has 0 spiro atoms. The molecular formula is C18H24N2O2S. The molecule has 4 nitrogen and oxygen atoms in total. The van der Waals surface area contributed by atoms with E-state index >= 15 is 0 Å². The molecule has 2 aromatic carbocycles. The Morgan fingerprint density at radius 3 is 2.13 bits per heavy atom. The van der Waals surface area contributed by atoms with Crippen molar-refractivity contribution in [3.63, 3.8) is 0 Å². The van der Waals surface area contributed by atoms with Crippen molar-refractivity contribution < 1.29 is 8.42 Å². The van der Waals surface area contributed by atoms with Crippen LogP contribution in [0.15, 0.2) is 53.4 Å². The summed E-state index contributed by atoms with van der Waals surface area (Å²) >= 11 is 0. The number of hydrogen-bond acceptors (Lipinski definition) is 3. The van der Waals surface area contributed by atoms with E-state index in [4.69, 9.17) is 5.73 Å². The largest absolute Gasteiger partial charge is 0.323 e. The molecule has 1 atom stereocenters. The topological polar surface area (TPSA) is 72.2 Å². The van der Waals surface area contributed by atoms with E-state index in [1.165, 1.54) is 0 Å². The Bertz CT molecular complexity index is 753. The highest BCUT2D eigenvalue weighted by Gasteiger charge is 2.18. The summed E-state index contributed by atoms with van der Waals surface area (Å²) in [6, 6.07) is 14.3. The van der Waals surface area contributed by atoms with Crippen molar-refractivity contribution in [2.24, 2.45) is 5.73 Å². The Kier molecular flexibility index (Phi) is 5.57. The van der Waals surface area contributed by atoms with Crippen LogP contribution in [0.25, 0.3) is 0 Å². The fourth-order valence-corrected chi connectivity index (χ4v) is 3.54. The minimum atomic E-state index is -3.54. The molecule has 0 amide bonds. The fourth-order valence-electron chi connectivity index (χ4n) is 2.48. The summed E-state index contributed by atoms with van der Waals surface area (Å²) in [5.74, 6) is 0.339. The summed E-state index contributed by atoms with van der Waals surface area (Å²) < 4.78 is 27.3. The lowest BCUT2D eigenvalue weighted by Gasteiger charge is -2.19. The predicted octanol–water partition coefficient (Wildman–Crippen LogP) is 3.10. The van der Waals surface area contributed by atoms with Gasteiger partial charge < -0.3 is 5.73 Å². The van der Waals surface area contributed by atoms with Gasteiger partial charge in [-0.05, 0) is 36.1 Å². The van der Waals surface area contributed by atoms with Gasteiger partial charge in [0.15, 0.2) is 0 Å². The average Bonchev–Trinajstić information content (AvgIpc) is 2.53. The maximum Gasteiger partial charge on any atom is 0.240 e. The number of rotatable bonds is 6. The van der Waals surface area contributed by atoms with E-state index in [1.807, 2.05) is 31.2 Å². The highest BCUT2D eigenvalue weighted by atomic mass is 32.2. The van der Waals surface area contributed by atoms with Gasteiger partial charge in [-0.1, -0.05) is 55.8 Å². The zero-order valence-electron chi connectivity index (χ0n) is 13.8. The smallest absolute Gasteiger partial charge is 0.240 e. The Hall–Kier alpha value is -1.69. The van der Waals surface area contributed by atoms with Gasteiger partial charge in [0, 0.05) is 12.6 Å². The van der Waals surface area contributed by atoms with Crippen LogP contribution in [-0.2, 0) is 10.0 Å². The molecular weight excluding hydrogens is 308 g/mol. The van der Waals surface area contributed by atoms with Gasteiger partial charge in [-0.2, -0.15) is 0 Å². The van der Waals surface area contributed by atoms with Crippen LogP contribution >= 0.6 is 0 Å². The Labute approximate surface area is 138 Å². The quantitative estimate of drug-likeness (QED) is 0.854. The Balaban J connectivity index is 2.12. The maximum atomic E-state index is 12.3. The number of benzene rings is 2. The molecule has 2 rings (SSSR count). The summed E-state index contributed by atoms with van der Waals surface area (Å²) in [4.78, 5) is 0.257. The van der Waals surface area contributed by atoms with Crippen LogP contribution in [-0.4, -0.2) is 15.0 Å². The summed E-state index contributed by atoms with van der Waals surface area (Å²) in [5.41, 5.74) is 9.36. The van der Waals surface area contributed by atoms with Crippen LogP contribution in [0, 0.1) is 6.92 Å². The molecule has 0 radical (unpaired) electrons. The number of nitrogens with two attached hydrogens (primary N) is 1. The highest BCUT2D eigenvalue weighted by Crippen LogP contribution is 2.23. The number of nitrogens with one attached hydrogen (secondary N) is 1. The third-order valence-corrected chi connectivity index (χ3v) is 5.28. The third kappa shape index (κ3) is 4.41. The second-order valence-corrected chi connectivity index (χ2v) is 7.82. The van der Waals surface area contributed by atoms with Crippen molar-refractivity contribution in [2.75, 3.05) is 6.54 Å². The summed E-state index contributed by atoms with van der Waals surface area (Å²) in [6.07, 6.45) is 0. The van der Waals surface area contributed by atoms with Crippen molar-refractivity contribution in [2.45, 2.75) is 37.6 Å². The molecule has 0 aromatic heterocycles. The number of aryl methyl sites for hydroxylation is 1. The van der Waals surface area contributed by atoms with Crippen LogP contribution in [0.2, 0.25) is 0 Å². The van der Waals surface area contributed by atoms with Crippen molar-refractivity contribution in [1.82, 2.24) is 4.72 Å². The van der Waals surface area contributed by atoms with Gasteiger partial charge in [0.2, 0.25) is 10.0 Å². The van der Waals surface area contributed by atoms with E-state index in [0.717, 1.165) is 16.7 Å². The van der Waals surface area contributed by atoms with Gasteiger partial charge in [-0.3, -0.25) is 0 Å². The van der Waals surface area contributed by atoms with E-state index in [-0.39, 0.29) is 17.5 Å². The Morgan fingerprint density at radius 1 is 1.00 bits per heavy atom.